The van der Waals surface area contributed by atoms with E-state index in [1.54, 1.807) is 54.8 Å². The van der Waals surface area contributed by atoms with Crippen molar-refractivity contribution < 1.29 is 19.4 Å². The average molecular weight is 546 g/mol. The first-order chi connectivity index (χ1) is 20.0. The summed E-state index contributed by atoms with van der Waals surface area (Å²) in [6.45, 7) is 4.01. The Hall–Kier alpha value is -5.50. The second-order valence-electron chi connectivity index (χ2n) is 9.18. The van der Waals surface area contributed by atoms with Gasteiger partial charge in [0.25, 0.3) is 5.56 Å². The molecular weight excluding hydrogens is 518 g/mol. The van der Waals surface area contributed by atoms with E-state index in [4.69, 9.17) is 14.5 Å². The molecule has 1 heterocycles. The first-order valence-corrected chi connectivity index (χ1v) is 12.9. The van der Waals surface area contributed by atoms with Crippen LogP contribution in [-0.2, 0) is 13.0 Å². The Morgan fingerprint density at radius 2 is 1.80 bits per heavy atom. The van der Waals surface area contributed by atoms with Gasteiger partial charge in [-0.15, -0.1) is 6.58 Å². The third-order valence-corrected chi connectivity index (χ3v) is 6.40. The normalized spacial score (nSPS) is 11.0. The molecule has 1 aromatic heterocycles. The van der Waals surface area contributed by atoms with Crippen molar-refractivity contribution in [1.82, 2.24) is 9.66 Å². The summed E-state index contributed by atoms with van der Waals surface area (Å²) >= 11 is 0. The van der Waals surface area contributed by atoms with Gasteiger partial charge in [-0.2, -0.15) is 9.78 Å². The molecule has 0 unspecified atom stereocenters. The number of aromatic carboxylic acids is 1. The minimum absolute atomic E-state index is 0.146. The van der Waals surface area contributed by atoms with Crippen LogP contribution in [0.4, 0.5) is 0 Å². The number of carbonyl (C=O) groups is 1. The van der Waals surface area contributed by atoms with Crippen LogP contribution in [0.1, 0.15) is 27.0 Å². The highest BCUT2D eigenvalue weighted by Gasteiger charge is 2.15. The van der Waals surface area contributed by atoms with Gasteiger partial charge in [-0.1, -0.05) is 60.7 Å². The lowest BCUT2D eigenvalue weighted by atomic mass is 10.1. The maximum atomic E-state index is 13.5. The smallest absolute Gasteiger partial charge is 0.335 e. The first-order valence-electron chi connectivity index (χ1n) is 12.9. The van der Waals surface area contributed by atoms with Crippen molar-refractivity contribution in [1.29, 1.82) is 0 Å². The summed E-state index contributed by atoms with van der Waals surface area (Å²) in [5.74, 6) is 0.399. The van der Waals surface area contributed by atoms with E-state index in [0.717, 1.165) is 11.1 Å². The first kappa shape index (κ1) is 27.1. The summed E-state index contributed by atoms with van der Waals surface area (Å²) in [6, 6.07) is 26.8. The zero-order valence-electron chi connectivity index (χ0n) is 22.4. The van der Waals surface area contributed by atoms with Gasteiger partial charge >= 0.3 is 5.97 Å². The molecule has 0 amide bonds. The minimum Gasteiger partial charge on any atom is -0.493 e. The molecule has 5 rings (SSSR count). The van der Waals surface area contributed by atoms with E-state index in [1.165, 1.54) is 17.9 Å². The lowest BCUT2D eigenvalue weighted by Crippen LogP contribution is -2.20. The highest BCUT2D eigenvalue weighted by Crippen LogP contribution is 2.34. The van der Waals surface area contributed by atoms with Gasteiger partial charge in [-0.3, -0.25) is 4.79 Å². The van der Waals surface area contributed by atoms with Crippen LogP contribution in [0, 0.1) is 0 Å². The number of carboxylic acid groups (broad SMARTS) is 1. The van der Waals surface area contributed by atoms with Crippen molar-refractivity contribution in [3.05, 3.63) is 136 Å². The van der Waals surface area contributed by atoms with Crippen LogP contribution >= 0.6 is 0 Å². The quantitative estimate of drug-likeness (QED) is 0.172. The number of methoxy groups -OCH3 is 1. The number of hydrogen-bond donors (Lipinski definition) is 1. The van der Waals surface area contributed by atoms with Crippen LogP contribution in [0.15, 0.2) is 114 Å². The van der Waals surface area contributed by atoms with E-state index in [-0.39, 0.29) is 17.7 Å². The van der Waals surface area contributed by atoms with Crippen LogP contribution in [0.5, 0.6) is 11.5 Å². The minimum atomic E-state index is -1.00. The van der Waals surface area contributed by atoms with Gasteiger partial charge < -0.3 is 14.6 Å². The Morgan fingerprint density at radius 3 is 2.56 bits per heavy atom. The fourth-order valence-corrected chi connectivity index (χ4v) is 4.46. The van der Waals surface area contributed by atoms with E-state index in [1.807, 2.05) is 42.5 Å². The Labute approximate surface area is 236 Å². The molecule has 4 aromatic carbocycles. The van der Waals surface area contributed by atoms with Crippen molar-refractivity contribution in [3.63, 3.8) is 0 Å². The molecule has 0 saturated carbocycles. The van der Waals surface area contributed by atoms with Crippen LogP contribution in [0.2, 0.25) is 0 Å². The van der Waals surface area contributed by atoms with Crippen LogP contribution in [0.3, 0.4) is 0 Å². The molecule has 8 heteroatoms. The number of hydrogen-bond acceptors (Lipinski definition) is 6. The molecular formula is C33H27N3O5. The average Bonchev–Trinajstić information content (AvgIpc) is 3.00. The molecule has 0 atom stereocenters. The van der Waals surface area contributed by atoms with Gasteiger partial charge in [0, 0.05) is 11.1 Å². The van der Waals surface area contributed by atoms with Crippen LogP contribution in [-0.4, -0.2) is 34.1 Å². The Morgan fingerprint density at radius 1 is 1.02 bits per heavy atom. The molecule has 0 fully saturated rings. The molecule has 5 aromatic rings. The molecule has 8 nitrogen and oxygen atoms in total. The SMILES string of the molecule is C=CCc1cc(C=Nn2c(-c3ccccc3)nc3ccccc3c2=O)cc(OC)c1OCc1cccc(C(=O)O)c1. The van der Waals surface area contributed by atoms with E-state index >= 15 is 0 Å². The number of para-hydroxylation sites is 1. The fourth-order valence-electron chi connectivity index (χ4n) is 4.46. The molecule has 0 radical (unpaired) electrons. The Balaban J connectivity index is 1.54. The molecule has 0 aliphatic heterocycles. The highest BCUT2D eigenvalue weighted by molar-refractivity contribution is 5.87. The summed E-state index contributed by atoms with van der Waals surface area (Å²) in [7, 11) is 1.54. The monoisotopic (exact) mass is 545 g/mol. The Bertz CT molecular complexity index is 1830. The van der Waals surface area contributed by atoms with Crippen molar-refractivity contribution in [3.8, 4) is 22.9 Å². The molecule has 0 saturated heterocycles. The maximum absolute atomic E-state index is 13.5. The maximum Gasteiger partial charge on any atom is 0.335 e. The second-order valence-corrected chi connectivity index (χ2v) is 9.18. The van der Waals surface area contributed by atoms with Gasteiger partial charge in [0.15, 0.2) is 17.3 Å². The fraction of sp³-hybridized carbons (Fsp3) is 0.0909. The number of benzene rings is 4. The van der Waals surface area contributed by atoms with E-state index in [0.29, 0.717) is 45.8 Å². The number of rotatable bonds is 10. The lowest BCUT2D eigenvalue weighted by Gasteiger charge is -2.16. The van der Waals surface area contributed by atoms with Gasteiger partial charge in [-0.05, 0) is 53.9 Å². The largest absolute Gasteiger partial charge is 0.493 e. The third kappa shape index (κ3) is 5.91. The third-order valence-electron chi connectivity index (χ3n) is 6.40. The lowest BCUT2D eigenvalue weighted by molar-refractivity contribution is 0.0696. The number of nitrogens with zero attached hydrogens (tertiary/aromatic N) is 3. The molecule has 1 N–H and O–H groups in total. The summed E-state index contributed by atoms with van der Waals surface area (Å²) in [5.41, 5.74) is 3.43. The second kappa shape index (κ2) is 12.1. The number of ether oxygens (including phenoxy) is 2. The van der Waals surface area contributed by atoms with Gasteiger partial charge in [0.1, 0.15) is 6.61 Å². The molecule has 0 aliphatic rings. The number of carboxylic acids is 1. The molecule has 0 spiro atoms. The van der Waals surface area contributed by atoms with Crippen molar-refractivity contribution in [2.24, 2.45) is 5.10 Å². The van der Waals surface area contributed by atoms with Crippen LogP contribution < -0.4 is 15.0 Å². The number of allylic oxidation sites excluding steroid dienone is 1. The molecule has 0 bridgehead atoms. The summed E-state index contributed by atoms with van der Waals surface area (Å²) in [6.07, 6.45) is 3.81. The molecule has 204 valence electrons. The van der Waals surface area contributed by atoms with Crippen molar-refractivity contribution in [2.75, 3.05) is 7.11 Å². The van der Waals surface area contributed by atoms with Crippen molar-refractivity contribution in [2.45, 2.75) is 13.0 Å². The summed E-state index contributed by atoms with van der Waals surface area (Å²) < 4.78 is 13.1. The summed E-state index contributed by atoms with van der Waals surface area (Å²) in [5, 5.41) is 14.3. The topological polar surface area (TPSA) is 103 Å². The van der Waals surface area contributed by atoms with E-state index in [2.05, 4.69) is 11.7 Å². The predicted octanol–water partition coefficient (Wildman–Crippen LogP) is 5.96. The molecule has 0 aliphatic carbocycles. The molecule has 41 heavy (non-hydrogen) atoms. The highest BCUT2D eigenvalue weighted by atomic mass is 16.5. The number of aromatic nitrogens is 2. The van der Waals surface area contributed by atoms with Crippen LogP contribution in [0.25, 0.3) is 22.3 Å². The van der Waals surface area contributed by atoms with E-state index < -0.39 is 5.97 Å². The zero-order chi connectivity index (χ0) is 28.8. The summed E-state index contributed by atoms with van der Waals surface area (Å²) in [4.78, 5) is 29.6. The number of fused-ring (bicyclic) bond motifs is 1. The van der Waals surface area contributed by atoms with Gasteiger partial charge in [0.05, 0.1) is 29.8 Å². The zero-order valence-corrected chi connectivity index (χ0v) is 22.4. The standard InChI is InChI=1S/C33H27N3O5/c1-3-10-25-18-23(19-29(40-2)30(25)41-21-22-11-9-14-26(17-22)33(38)39)20-34-36-31(24-12-5-4-6-13-24)35-28-16-8-7-15-27(28)32(36)37/h3-9,11-20H,1,10,21H2,2H3,(H,38,39). The van der Waals surface area contributed by atoms with Crippen molar-refractivity contribution >= 4 is 23.1 Å². The van der Waals surface area contributed by atoms with Gasteiger partial charge in [-0.25, -0.2) is 9.78 Å². The van der Waals surface area contributed by atoms with Gasteiger partial charge in [0.2, 0.25) is 0 Å². The van der Waals surface area contributed by atoms with E-state index in [9.17, 15) is 14.7 Å². The Kier molecular flexibility index (Phi) is 8.01. The predicted molar refractivity (Wildman–Crippen MR) is 159 cm³/mol.